The van der Waals surface area contributed by atoms with Gasteiger partial charge in [-0.15, -0.1) is 0 Å². The van der Waals surface area contributed by atoms with E-state index in [1.807, 2.05) is 0 Å². The van der Waals surface area contributed by atoms with Crippen LogP contribution in [0.1, 0.15) is 6.92 Å². The molecule has 0 rings (SSSR count). The molecule has 0 aliphatic heterocycles. The summed E-state index contributed by atoms with van der Waals surface area (Å²) in [5, 5.41) is 2.87. The number of rotatable bonds is 4. The zero-order valence-corrected chi connectivity index (χ0v) is 8.55. The van der Waals surface area contributed by atoms with E-state index < -0.39 is 0 Å². The van der Waals surface area contributed by atoms with E-state index in [1.54, 1.807) is 18.9 Å². The predicted molar refractivity (Wildman–Crippen MR) is 56.6 cm³/mol. The smallest absolute Gasteiger partial charge is 0.118 e. The Morgan fingerprint density at radius 2 is 2.29 bits per heavy atom. The summed E-state index contributed by atoms with van der Waals surface area (Å²) in [6.07, 6.45) is 7.61. The van der Waals surface area contributed by atoms with E-state index in [0.29, 0.717) is 19.7 Å². The summed E-state index contributed by atoms with van der Waals surface area (Å²) < 4.78 is 4.90. The Morgan fingerprint density at radius 1 is 1.50 bits per heavy atom. The zero-order valence-electron chi connectivity index (χ0n) is 8.55. The Bertz CT molecular complexity index is 295. The van der Waals surface area contributed by atoms with E-state index in [1.165, 1.54) is 0 Å². The highest BCUT2D eigenvalue weighted by Crippen LogP contribution is 1.72. The number of nitrogens with one attached hydrogen (secondary N) is 1. The van der Waals surface area contributed by atoms with Crippen LogP contribution in [-0.2, 0) is 4.74 Å². The fraction of sp³-hybridized carbons (Fsp3) is 0.455. The Morgan fingerprint density at radius 3 is 2.93 bits per heavy atom. The van der Waals surface area contributed by atoms with Crippen molar-refractivity contribution in [2.75, 3.05) is 26.7 Å². The number of terminal acetylenes is 1. The van der Waals surface area contributed by atoms with Crippen molar-refractivity contribution >= 4 is 0 Å². The lowest BCUT2D eigenvalue weighted by molar-refractivity contribution is 0.282. The van der Waals surface area contributed by atoms with E-state index in [2.05, 4.69) is 35.4 Å². The van der Waals surface area contributed by atoms with Crippen LogP contribution >= 0.6 is 0 Å². The van der Waals surface area contributed by atoms with Crippen LogP contribution in [0, 0.1) is 36.5 Å². The fourth-order valence-corrected chi connectivity index (χ4v) is 0.554. The molecule has 0 heterocycles. The molecular weight excluding hydrogens is 176 g/mol. The third-order valence-electron chi connectivity index (χ3n) is 1.22. The highest BCUT2D eigenvalue weighted by Gasteiger charge is 1.82. The molecule has 0 unspecified atom stereocenters. The third kappa shape index (κ3) is 8.18. The molecule has 0 saturated carbocycles. The van der Waals surface area contributed by atoms with Crippen molar-refractivity contribution in [2.45, 2.75) is 6.92 Å². The van der Waals surface area contributed by atoms with Crippen molar-refractivity contribution in [1.29, 1.82) is 0 Å². The molecule has 0 aliphatic rings. The molecule has 0 aliphatic carbocycles. The molecule has 0 amide bonds. The molecule has 0 aromatic rings. The summed E-state index contributed by atoms with van der Waals surface area (Å²) in [4.78, 5) is 1.66. The van der Waals surface area contributed by atoms with Crippen LogP contribution in [0.15, 0.2) is 0 Å². The van der Waals surface area contributed by atoms with Crippen molar-refractivity contribution in [2.24, 2.45) is 0 Å². The maximum atomic E-state index is 5.12. The van der Waals surface area contributed by atoms with Crippen LogP contribution < -0.4 is 5.32 Å². The summed E-state index contributed by atoms with van der Waals surface area (Å²) in [5.74, 6) is 5.49. The topological polar surface area (TPSA) is 24.5 Å². The normalized spacial score (nSPS) is 6.93. The second kappa shape index (κ2) is 9.17. The van der Waals surface area contributed by atoms with Crippen LogP contribution in [-0.4, -0.2) is 31.6 Å². The van der Waals surface area contributed by atoms with Gasteiger partial charge in [-0.05, 0) is 0 Å². The van der Waals surface area contributed by atoms with Crippen molar-refractivity contribution in [3.8, 4) is 36.5 Å². The number of ether oxygens (including phenoxy) is 1. The van der Waals surface area contributed by atoms with Gasteiger partial charge >= 0.3 is 0 Å². The molecule has 1 N–H and O–H groups in total. The quantitative estimate of drug-likeness (QED) is 0.385. The van der Waals surface area contributed by atoms with E-state index in [-0.39, 0.29) is 0 Å². The lowest BCUT2D eigenvalue weighted by Gasteiger charge is -2.02. The minimum atomic E-state index is 0.528. The fourth-order valence-electron chi connectivity index (χ4n) is 0.554. The van der Waals surface area contributed by atoms with Gasteiger partial charge in [0.15, 0.2) is 0 Å². The van der Waals surface area contributed by atoms with E-state index in [4.69, 9.17) is 11.2 Å². The van der Waals surface area contributed by atoms with E-state index >= 15 is 0 Å². The maximum absolute atomic E-state index is 5.12. The van der Waals surface area contributed by atoms with Gasteiger partial charge in [-0.1, -0.05) is 18.3 Å². The Labute approximate surface area is 85.8 Å². The number of hydrogen-bond donors (Lipinski definition) is 1. The van der Waals surface area contributed by atoms with Crippen molar-refractivity contribution in [1.82, 2.24) is 10.2 Å². The lowest BCUT2D eigenvalue weighted by atomic mass is 10.6. The third-order valence-corrected chi connectivity index (χ3v) is 1.22. The molecule has 0 saturated heterocycles. The van der Waals surface area contributed by atoms with Crippen LogP contribution in [0.2, 0.25) is 0 Å². The second-order valence-corrected chi connectivity index (χ2v) is 2.41. The summed E-state index contributed by atoms with van der Waals surface area (Å²) in [7, 11) is 1.80. The Hall–Kier alpha value is -1.92. The first-order valence-corrected chi connectivity index (χ1v) is 4.23. The van der Waals surface area contributed by atoms with Gasteiger partial charge in [0.05, 0.1) is 13.1 Å². The first-order chi connectivity index (χ1) is 6.81. The molecule has 0 aromatic heterocycles. The van der Waals surface area contributed by atoms with Gasteiger partial charge in [0.25, 0.3) is 0 Å². The standard InChI is InChI=1S/C11H14N2O/c1-4-10-14-11-8-12-7-6-9-13(3)5-2/h2,12H,8-9,11H2,1,3H3. The van der Waals surface area contributed by atoms with Crippen LogP contribution in [0.5, 0.6) is 0 Å². The molecule has 0 bridgehead atoms. The number of nitrogens with zero attached hydrogens (tertiary/aromatic N) is 1. The highest BCUT2D eigenvalue weighted by atomic mass is 16.5. The van der Waals surface area contributed by atoms with Gasteiger partial charge in [-0.2, -0.15) is 0 Å². The lowest BCUT2D eigenvalue weighted by Crippen LogP contribution is -2.15. The molecule has 74 valence electrons. The molecular formula is C11H14N2O. The molecule has 3 nitrogen and oxygen atoms in total. The van der Waals surface area contributed by atoms with Gasteiger partial charge in [-0.3, -0.25) is 0 Å². The maximum Gasteiger partial charge on any atom is 0.118 e. The second-order valence-electron chi connectivity index (χ2n) is 2.41. The summed E-state index contributed by atoms with van der Waals surface area (Å²) >= 11 is 0. The van der Waals surface area contributed by atoms with E-state index in [0.717, 1.165) is 0 Å². The van der Waals surface area contributed by atoms with Gasteiger partial charge in [0.2, 0.25) is 0 Å². The SMILES string of the molecule is C#CN(C)CC#CNCCOC#CC. The van der Waals surface area contributed by atoms with Gasteiger partial charge in [0, 0.05) is 26.1 Å². The molecule has 0 aromatic carbocycles. The zero-order chi connectivity index (χ0) is 10.6. The average Bonchev–Trinajstić information content (AvgIpc) is 2.21. The van der Waals surface area contributed by atoms with Gasteiger partial charge in [0.1, 0.15) is 12.7 Å². The first kappa shape index (κ1) is 12.1. The largest absolute Gasteiger partial charge is 0.445 e. The van der Waals surface area contributed by atoms with Crippen molar-refractivity contribution in [3.63, 3.8) is 0 Å². The van der Waals surface area contributed by atoms with Crippen LogP contribution in [0.3, 0.4) is 0 Å². The summed E-state index contributed by atoms with van der Waals surface area (Å²) in [6.45, 7) is 3.46. The Balaban J connectivity index is 3.34. The number of hydrogen-bond acceptors (Lipinski definition) is 3. The monoisotopic (exact) mass is 190 g/mol. The summed E-state index contributed by atoms with van der Waals surface area (Å²) in [5.41, 5.74) is 0. The molecule has 0 fully saturated rings. The molecule has 0 atom stereocenters. The predicted octanol–water partition coefficient (Wildman–Crippen LogP) is 0.0568. The van der Waals surface area contributed by atoms with Gasteiger partial charge in [-0.25, -0.2) is 0 Å². The minimum Gasteiger partial charge on any atom is -0.445 e. The van der Waals surface area contributed by atoms with Gasteiger partial charge < -0.3 is 15.0 Å². The Kier molecular flexibility index (Phi) is 7.91. The van der Waals surface area contributed by atoms with E-state index in [9.17, 15) is 0 Å². The molecule has 0 spiro atoms. The average molecular weight is 190 g/mol. The van der Waals surface area contributed by atoms with Crippen LogP contribution in [0.25, 0.3) is 0 Å². The summed E-state index contributed by atoms with van der Waals surface area (Å²) in [6, 6.07) is 5.21. The molecule has 14 heavy (non-hydrogen) atoms. The first-order valence-electron chi connectivity index (χ1n) is 4.23. The van der Waals surface area contributed by atoms with Crippen LogP contribution in [0.4, 0.5) is 0 Å². The van der Waals surface area contributed by atoms with Crippen molar-refractivity contribution < 1.29 is 4.74 Å². The van der Waals surface area contributed by atoms with Crippen molar-refractivity contribution in [3.05, 3.63) is 0 Å². The highest BCUT2D eigenvalue weighted by molar-refractivity contribution is 5.01. The molecule has 0 radical (unpaired) electrons. The molecule has 3 heteroatoms. The minimum absolute atomic E-state index is 0.528.